The van der Waals surface area contributed by atoms with Crippen molar-refractivity contribution in [2.24, 2.45) is 0 Å². The fourth-order valence-electron chi connectivity index (χ4n) is 3.95. The zero-order valence-corrected chi connectivity index (χ0v) is 22.9. The van der Waals surface area contributed by atoms with Gasteiger partial charge in [0.15, 0.2) is 0 Å². The van der Waals surface area contributed by atoms with Crippen LogP contribution in [0.25, 0.3) is 0 Å². The van der Waals surface area contributed by atoms with E-state index in [4.69, 9.17) is 23.2 Å². The zero-order valence-electron chi connectivity index (χ0n) is 20.6. The van der Waals surface area contributed by atoms with Gasteiger partial charge in [-0.25, -0.2) is 8.42 Å². The van der Waals surface area contributed by atoms with Gasteiger partial charge < -0.3 is 10.2 Å². The highest BCUT2D eigenvalue weighted by molar-refractivity contribution is 7.92. The Balaban J connectivity index is 2.01. The molecule has 0 heterocycles. The molecule has 0 bridgehead atoms. The van der Waals surface area contributed by atoms with Gasteiger partial charge in [0.25, 0.3) is 10.0 Å². The van der Waals surface area contributed by atoms with Gasteiger partial charge >= 0.3 is 0 Å². The van der Waals surface area contributed by atoms with E-state index in [2.05, 4.69) is 5.32 Å². The molecule has 2 amide bonds. The van der Waals surface area contributed by atoms with E-state index in [0.717, 1.165) is 9.87 Å². The maximum atomic E-state index is 13.8. The Morgan fingerprint density at radius 3 is 2.11 bits per heavy atom. The van der Waals surface area contributed by atoms with E-state index in [1.165, 1.54) is 42.3 Å². The lowest BCUT2D eigenvalue weighted by atomic mass is 10.1. The number of carbonyl (C=O) groups excluding carboxylic acids is 2. The van der Waals surface area contributed by atoms with Crippen LogP contribution in [0.5, 0.6) is 0 Å². The van der Waals surface area contributed by atoms with E-state index in [0.29, 0.717) is 12.8 Å². The molecule has 0 fully saturated rings. The Morgan fingerprint density at radius 1 is 0.919 bits per heavy atom. The van der Waals surface area contributed by atoms with E-state index >= 15 is 0 Å². The maximum absolute atomic E-state index is 13.8. The van der Waals surface area contributed by atoms with Crippen LogP contribution in [0.2, 0.25) is 10.0 Å². The number of halogens is 2. The number of hydrogen-bond acceptors (Lipinski definition) is 4. The third-order valence-electron chi connectivity index (χ3n) is 5.92. The van der Waals surface area contributed by atoms with E-state index in [-0.39, 0.29) is 33.1 Å². The molecule has 1 unspecified atom stereocenters. The van der Waals surface area contributed by atoms with Crippen LogP contribution in [0.3, 0.4) is 0 Å². The van der Waals surface area contributed by atoms with Crippen molar-refractivity contribution in [3.8, 4) is 0 Å². The molecule has 10 heteroatoms. The van der Waals surface area contributed by atoms with Crippen molar-refractivity contribution in [1.82, 2.24) is 10.2 Å². The van der Waals surface area contributed by atoms with Gasteiger partial charge in [0.2, 0.25) is 11.8 Å². The summed E-state index contributed by atoms with van der Waals surface area (Å²) in [6.07, 6.45) is 0.858. The van der Waals surface area contributed by atoms with Crippen LogP contribution in [0.4, 0.5) is 5.69 Å². The van der Waals surface area contributed by atoms with Crippen LogP contribution in [0, 0.1) is 0 Å². The monoisotopic (exact) mass is 561 g/mol. The molecule has 3 aromatic rings. The van der Waals surface area contributed by atoms with Gasteiger partial charge in [-0.3, -0.25) is 13.9 Å². The number of amides is 2. The standard InChI is InChI=1S/C27H29Cl2N3O4S/c1-3-25(27(34)30-2)31(17-16-20-10-6-4-7-11-20)26(33)19-32(21-14-15-23(28)24(29)18-21)37(35,36)22-12-8-5-9-13-22/h4-15,18,25H,3,16-17,19H2,1-2H3,(H,30,34). The average Bonchev–Trinajstić information content (AvgIpc) is 2.91. The molecule has 0 aliphatic heterocycles. The van der Waals surface area contributed by atoms with Gasteiger partial charge in [0.05, 0.1) is 20.6 Å². The Morgan fingerprint density at radius 2 is 1.54 bits per heavy atom. The van der Waals surface area contributed by atoms with Gasteiger partial charge in [-0.15, -0.1) is 0 Å². The number of anilines is 1. The van der Waals surface area contributed by atoms with Gasteiger partial charge in [-0.2, -0.15) is 0 Å². The summed E-state index contributed by atoms with van der Waals surface area (Å²) in [5, 5.41) is 3.01. The molecule has 0 spiro atoms. The number of carbonyl (C=O) groups is 2. The number of hydrogen-bond donors (Lipinski definition) is 1. The van der Waals surface area contributed by atoms with Crippen LogP contribution in [-0.4, -0.2) is 51.3 Å². The first-order chi connectivity index (χ1) is 17.7. The topological polar surface area (TPSA) is 86.8 Å². The quantitative estimate of drug-likeness (QED) is 0.364. The summed E-state index contributed by atoms with van der Waals surface area (Å²) < 4.78 is 28.4. The fourth-order valence-corrected chi connectivity index (χ4v) is 5.67. The highest BCUT2D eigenvalue weighted by Gasteiger charge is 2.33. The second-order valence-corrected chi connectivity index (χ2v) is 11.0. The van der Waals surface area contributed by atoms with Crippen LogP contribution in [0.15, 0.2) is 83.8 Å². The number of likely N-dealkylation sites (N-methyl/N-ethyl adjacent to an activating group) is 1. The molecule has 0 aromatic heterocycles. The van der Waals surface area contributed by atoms with Gasteiger partial charge in [0, 0.05) is 13.6 Å². The maximum Gasteiger partial charge on any atom is 0.264 e. The molecule has 0 aliphatic rings. The van der Waals surface area contributed by atoms with Crippen LogP contribution < -0.4 is 9.62 Å². The molecule has 0 saturated carbocycles. The Kier molecular flexibility index (Phi) is 9.97. The fraction of sp³-hybridized carbons (Fsp3) is 0.259. The van der Waals surface area contributed by atoms with Gasteiger partial charge in [-0.05, 0) is 48.7 Å². The van der Waals surface area contributed by atoms with E-state index in [1.807, 2.05) is 30.3 Å². The third-order valence-corrected chi connectivity index (χ3v) is 8.44. The van der Waals surface area contributed by atoms with Crippen molar-refractivity contribution in [2.75, 3.05) is 24.4 Å². The summed E-state index contributed by atoms with van der Waals surface area (Å²) in [5.74, 6) is -0.840. The number of sulfonamides is 1. The van der Waals surface area contributed by atoms with Crippen LogP contribution in [0.1, 0.15) is 18.9 Å². The summed E-state index contributed by atoms with van der Waals surface area (Å²) >= 11 is 12.3. The lowest BCUT2D eigenvalue weighted by Gasteiger charge is -2.33. The Labute approximate surface area is 228 Å². The molecular formula is C27H29Cl2N3O4S. The smallest absolute Gasteiger partial charge is 0.264 e. The van der Waals surface area contributed by atoms with Crippen molar-refractivity contribution >= 4 is 50.7 Å². The van der Waals surface area contributed by atoms with Gasteiger partial charge in [-0.1, -0.05) is 78.7 Å². The van der Waals surface area contributed by atoms with Crippen LogP contribution in [-0.2, 0) is 26.0 Å². The molecule has 3 aromatic carbocycles. The second kappa shape index (κ2) is 12.9. The van der Waals surface area contributed by atoms with Crippen molar-refractivity contribution < 1.29 is 18.0 Å². The van der Waals surface area contributed by atoms with Crippen molar-refractivity contribution in [3.63, 3.8) is 0 Å². The molecule has 1 atom stereocenters. The summed E-state index contributed by atoms with van der Waals surface area (Å²) in [6, 6.07) is 21.0. The number of nitrogens with one attached hydrogen (secondary N) is 1. The SMILES string of the molecule is CCC(C(=O)NC)N(CCc1ccccc1)C(=O)CN(c1ccc(Cl)c(Cl)c1)S(=O)(=O)c1ccccc1. The number of rotatable bonds is 11. The van der Waals surface area contributed by atoms with Crippen LogP contribution >= 0.6 is 23.2 Å². The second-order valence-electron chi connectivity index (χ2n) is 8.28. The third kappa shape index (κ3) is 7.03. The summed E-state index contributed by atoms with van der Waals surface area (Å²) in [5.41, 5.74) is 1.17. The normalized spacial score (nSPS) is 12.0. The molecular weight excluding hydrogens is 533 g/mol. The molecule has 1 N–H and O–H groups in total. The summed E-state index contributed by atoms with van der Waals surface area (Å²) in [7, 11) is -2.65. The highest BCUT2D eigenvalue weighted by atomic mass is 35.5. The lowest BCUT2D eigenvalue weighted by Crippen LogP contribution is -2.52. The zero-order chi connectivity index (χ0) is 27.0. The average molecular weight is 563 g/mol. The lowest BCUT2D eigenvalue weighted by molar-refractivity contribution is -0.139. The summed E-state index contributed by atoms with van der Waals surface area (Å²) in [4.78, 5) is 27.9. The first kappa shape index (κ1) is 28.5. The minimum atomic E-state index is -4.15. The highest BCUT2D eigenvalue weighted by Crippen LogP contribution is 2.30. The van der Waals surface area contributed by atoms with Crippen molar-refractivity contribution in [2.45, 2.75) is 30.7 Å². The van der Waals surface area contributed by atoms with E-state index in [9.17, 15) is 18.0 Å². The van der Waals surface area contributed by atoms with Crippen molar-refractivity contribution in [1.29, 1.82) is 0 Å². The molecule has 0 saturated heterocycles. The first-order valence-electron chi connectivity index (χ1n) is 11.8. The molecule has 196 valence electrons. The molecule has 37 heavy (non-hydrogen) atoms. The minimum absolute atomic E-state index is 0.0167. The van der Waals surface area contributed by atoms with Crippen molar-refractivity contribution in [3.05, 3.63) is 94.5 Å². The Bertz CT molecular complexity index is 1320. The number of nitrogens with zero attached hydrogens (tertiary/aromatic N) is 2. The predicted octanol–water partition coefficient (Wildman–Crippen LogP) is 4.78. The van der Waals surface area contributed by atoms with E-state index in [1.54, 1.807) is 25.1 Å². The van der Waals surface area contributed by atoms with E-state index < -0.39 is 28.5 Å². The Hall–Kier alpha value is -3.07. The minimum Gasteiger partial charge on any atom is -0.357 e. The molecule has 3 rings (SSSR count). The van der Waals surface area contributed by atoms with Gasteiger partial charge in [0.1, 0.15) is 12.6 Å². The largest absolute Gasteiger partial charge is 0.357 e. The molecule has 0 aliphatic carbocycles. The predicted molar refractivity (Wildman–Crippen MR) is 147 cm³/mol. The molecule has 7 nitrogen and oxygen atoms in total. The number of benzene rings is 3. The molecule has 0 radical (unpaired) electrons. The first-order valence-corrected chi connectivity index (χ1v) is 14.0. The summed E-state index contributed by atoms with van der Waals surface area (Å²) in [6.45, 7) is 1.51.